The summed E-state index contributed by atoms with van der Waals surface area (Å²) in [4.78, 5) is 0. The molecule has 73 valence electrons. The van der Waals surface area contributed by atoms with Crippen molar-refractivity contribution in [3.05, 3.63) is 0 Å². The maximum atomic E-state index is 9.57. The first kappa shape index (κ1) is 13.0. The number of hydrogen-bond acceptors (Lipinski definition) is 1. The molecule has 0 N–H and O–H groups in total. The van der Waals surface area contributed by atoms with Crippen molar-refractivity contribution in [3.63, 3.8) is 0 Å². The van der Waals surface area contributed by atoms with Gasteiger partial charge in [0.05, 0.1) is 6.61 Å². The highest BCUT2D eigenvalue weighted by Gasteiger charge is 2.22. The molecule has 1 saturated heterocycles. The molecule has 1 rings (SSSR count). The quantitative estimate of drug-likeness (QED) is 0.431. The van der Waals surface area contributed by atoms with Gasteiger partial charge in [0.2, 0.25) is 0 Å². The summed E-state index contributed by atoms with van der Waals surface area (Å²) in [6.07, 6.45) is 1.05. The van der Waals surface area contributed by atoms with Crippen molar-refractivity contribution in [1.29, 1.82) is 0 Å². The van der Waals surface area contributed by atoms with E-state index in [-0.39, 0.29) is 12.7 Å². The standard InChI is InChI=1S/C3H7Cl3Si.C3H5O2/c1-2-3-7(4,5)6;4-1-3-2-5-3/h2-3H2,1H3;3H,1-2H2. The highest BCUT2D eigenvalue weighted by Crippen LogP contribution is 2.25. The van der Waals surface area contributed by atoms with Crippen molar-refractivity contribution in [2.45, 2.75) is 25.5 Å². The first-order chi connectivity index (χ1) is 5.49. The lowest BCUT2D eigenvalue weighted by Crippen LogP contribution is -2.06. The molecule has 0 saturated carbocycles. The number of rotatable bonds is 3. The van der Waals surface area contributed by atoms with Gasteiger partial charge in [-0.3, -0.25) is 0 Å². The lowest BCUT2D eigenvalue weighted by atomic mass is 10.5. The Hall–Kier alpha value is 1.01. The molecule has 1 atom stereocenters. The first-order valence-corrected chi connectivity index (χ1v) is 9.00. The molecule has 1 fully saturated rings. The lowest BCUT2D eigenvalue weighted by molar-refractivity contribution is 0.164. The highest BCUT2D eigenvalue weighted by molar-refractivity contribution is 7.64. The Bertz CT molecular complexity index is 114. The third-order valence-corrected chi connectivity index (χ3v) is 3.89. The summed E-state index contributed by atoms with van der Waals surface area (Å²) in [7, 11) is 0. The van der Waals surface area contributed by atoms with E-state index in [2.05, 4.69) is 4.74 Å². The maximum absolute atomic E-state index is 9.57. The average molecular weight is 251 g/mol. The van der Waals surface area contributed by atoms with Crippen molar-refractivity contribution in [1.82, 2.24) is 0 Å². The van der Waals surface area contributed by atoms with E-state index in [1.165, 1.54) is 0 Å². The average Bonchev–Trinajstić information content (AvgIpc) is 2.66. The lowest BCUT2D eigenvalue weighted by Gasteiger charge is -2.01. The van der Waals surface area contributed by atoms with Crippen LogP contribution in [0.2, 0.25) is 6.04 Å². The molecule has 1 heterocycles. The van der Waals surface area contributed by atoms with Gasteiger partial charge in [0.25, 0.3) is 0 Å². The van der Waals surface area contributed by atoms with E-state index in [0.29, 0.717) is 6.61 Å². The molecule has 0 bridgehead atoms. The predicted octanol–water partition coefficient (Wildman–Crippen LogP) is 2.87. The topological polar surface area (TPSA) is 32.4 Å². The molecule has 12 heavy (non-hydrogen) atoms. The molecule has 1 aliphatic heterocycles. The van der Waals surface area contributed by atoms with Crippen LogP contribution in [-0.2, 0) is 9.84 Å². The van der Waals surface area contributed by atoms with Crippen molar-refractivity contribution >= 4 is 39.2 Å². The molecule has 6 heteroatoms. The van der Waals surface area contributed by atoms with Crippen molar-refractivity contribution in [2.75, 3.05) is 13.2 Å². The van der Waals surface area contributed by atoms with Gasteiger partial charge in [-0.25, -0.2) is 5.11 Å². The highest BCUT2D eigenvalue weighted by atomic mass is 35.8. The van der Waals surface area contributed by atoms with Crippen LogP contribution >= 0.6 is 33.2 Å². The summed E-state index contributed by atoms with van der Waals surface area (Å²) in [6.45, 7) is 2.65. The van der Waals surface area contributed by atoms with Crippen LogP contribution in [0.15, 0.2) is 0 Å². The molecule has 0 aromatic carbocycles. The van der Waals surface area contributed by atoms with E-state index >= 15 is 0 Å². The van der Waals surface area contributed by atoms with Crippen LogP contribution < -0.4 is 0 Å². The van der Waals surface area contributed by atoms with Crippen LogP contribution in [0.5, 0.6) is 0 Å². The van der Waals surface area contributed by atoms with Gasteiger partial charge in [0, 0.05) is 0 Å². The van der Waals surface area contributed by atoms with Crippen LogP contribution in [0.3, 0.4) is 0 Å². The summed E-state index contributed by atoms with van der Waals surface area (Å²) in [5.41, 5.74) is 0. The Balaban J connectivity index is 0.000000211. The van der Waals surface area contributed by atoms with Gasteiger partial charge in [-0.1, -0.05) is 13.3 Å². The van der Waals surface area contributed by atoms with E-state index in [9.17, 15) is 5.11 Å². The minimum atomic E-state index is -2.24. The van der Waals surface area contributed by atoms with E-state index in [4.69, 9.17) is 33.2 Å². The van der Waals surface area contributed by atoms with E-state index in [0.717, 1.165) is 12.5 Å². The zero-order valence-electron chi connectivity index (χ0n) is 6.86. The Morgan fingerprint density at radius 1 is 1.50 bits per heavy atom. The fraction of sp³-hybridized carbons (Fsp3) is 1.00. The number of ether oxygens (including phenoxy) is 1. The van der Waals surface area contributed by atoms with Gasteiger partial charge >= 0.3 is 6.00 Å². The Morgan fingerprint density at radius 3 is 2.00 bits per heavy atom. The Labute approximate surface area is 87.9 Å². The molecule has 0 aromatic heterocycles. The smallest absolute Gasteiger partial charge is 0.341 e. The first-order valence-electron chi connectivity index (χ1n) is 3.76. The van der Waals surface area contributed by atoms with Crippen molar-refractivity contribution < 1.29 is 9.84 Å². The van der Waals surface area contributed by atoms with Crippen molar-refractivity contribution in [3.8, 4) is 0 Å². The monoisotopic (exact) mass is 249 g/mol. The molecule has 0 aromatic rings. The number of epoxide rings is 1. The summed E-state index contributed by atoms with van der Waals surface area (Å²) in [5, 5.41) is 9.57. The fourth-order valence-corrected chi connectivity index (χ4v) is 2.72. The second-order valence-corrected chi connectivity index (χ2v) is 11.8. The van der Waals surface area contributed by atoms with Gasteiger partial charge in [0.15, 0.2) is 0 Å². The summed E-state index contributed by atoms with van der Waals surface area (Å²) < 4.78 is 4.55. The van der Waals surface area contributed by atoms with Gasteiger partial charge in [-0.05, 0) is 6.04 Å². The third kappa shape index (κ3) is 11.0. The minimum absolute atomic E-state index is 0.0556. The van der Waals surface area contributed by atoms with Gasteiger partial charge in [-0.15, -0.1) is 33.2 Å². The van der Waals surface area contributed by atoms with Crippen LogP contribution in [0.4, 0.5) is 0 Å². The molecule has 0 spiro atoms. The zero-order valence-corrected chi connectivity index (χ0v) is 10.1. The van der Waals surface area contributed by atoms with Gasteiger partial charge < -0.3 is 4.74 Å². The van der Waals surface area contributed by atoms with Crippen LogP contribution in [0, 0.1) is 0 Å². The SMILES string of the molecule is CCC[Si](Cl)(Cl)Cl.[O]CC1CO1. The van der Waals surface area contributed by atoms with Crippen LogP contribution in [-0.4, -0.2) is 25.3 Å². The van der Waals surface area contributed by atoms with E-state index in [1.54, 1.807) is 0 Å². The summed E-state index contributed by atoms with van der Waals surface area (Å²) in [5.74, 6) is 0. The molecule has 0 amide bonds. The Kier molecular flexibility index (Phi) is 7.00. The fourth-order valence-electron chi connectivity index (χ4n) is 0.448. The number of hydrogen-bond donors (Lipinski definition) is 0. The third-order valence-electron chi connectivity index (χ3n) is 1.12. The molecule has 1 radical (unpaired) electrons. The summed E-state index contributed by atoms with van der Waals surface area (Å²) >= 11 is 16.5. The minimum Gasteiger partial charge on any atom is -0.370 e. The van der Waals surface area contributed by atoms with Crippen LogP contribution in [0.25, 0.3) is 0 Å². The zero-order chi connectivity index (χ0) is 9.61. The molecule has 0 aliphatic carbocycles. The van der Waals surface area contributed by atoms with Crippen molar-refractivity contribution in [2.24, 2.45) is 0 Å². The molecule has 2 nitrogen and oxygen atoms in total. The molecule has 1 unspecified atom stereocenters. The summed E-state index contributed by atoms with van der Waals surface area (Å²) in [6, 6.07) is -1.47. The maximum Gasteiger partial charge on any atom is 0.341 e. The largest absolute Gasteiger partial charge is 0.370 e. The predicted molar refractivity (Wildman–Crippen MR) is 53.7 cm³/mol. The van der Waals surface area contributed by atoms with Crippen LogP contribution in [0.1, 0.15) is 13.3 Å². The normalized spacial score (nSPS) is 21.2. The molecule has 1 aliphatic rings. The second-order valence-electron chi connectivity index (χ2n) is 2.49. The van der Waals surface area contributed by atoms with Gasteiger partial charge in [-0.2, -0.15) is 0 Å². The Morgan fingerprint density at radius 2 is 2.00 bits per heavy atom. The molecular formula is C6H12Cl3O2Si. The van der Waals surface area contributed by atoms with Gasteiger partial charge in [0.1, 0.15) is 12.7 Å². The second kappa shape index (κ2) is 6.46. The van der Waals surface area contributed by atoms with E-state index < -0.39 is 6.00 Å². The molecular weight excluding hydrogens is 239 g/mol. The van der Waals surface area contributed by atoms with E-state index in [1.807, 2.05) is 6.92 Å². The number of halogens is 3.